The van der Waals surface area contributed by atoms with Crippen molar-refractivity contribution in [2.45, 2.75) is 6.10 Å². The molecule has 4 heteroatoms. The second-order valence-corrected chi connectivity index (χ2v) is 4.90. The van der Waals surface area contributed by atoms with Crippen molar-refractivity contribution in [3.63, 3.8) is 0 Å². The molecule has 0 spiro atoms. The molecule has 20 heavy (non-hydrogen) atoms. The van der Waals surface area contributed by atoms with Crippen molar-refractivity contribution in [2.75, 3.05) is 25.1 Å². The van der Waals surface area contributed by atoms with Crippen molar-refractivity contribution >= 4 is 5.69 Å². The van der Waals surface area contributed by atoms with Gasteiger partial charge in [0.05, 0.1) is 5.69 Å². The van der Waals surface area contributed by atoms with E-state index in [-0.39, 0.29) is 6.10 Å². The molecule has 0 bridgehead atoms. The fraction of sp³-hybridized carbons (Fsp3) is 0.250. The average Bonchev–Trinajstić information content (AvgIpc) is 2.54. The first-order chi connectivity index (χ1) is 9.90. The molecule has 0 amide bonds. The standard InChI is InChI=1S/C16H15NO3/c1-2-4-15-14(3-1)19-10-16(20-15)11-5-6-13-12(9-11)17-7-8-18-13/h1-6,9,16-17H,7-8,10H2. The fourth-order valence-electron chi connectivity index (χ4n) is 2.54. The summed E-state index contributed by atoms with van der Waals surface area (Å²) in [6.45, 7) is 2.07. The first-order valence-electron chi connectivity index (χ1n) is 6.79. The van der Waals surface area contributed by atoms with Crippen LogP contribution in [0, 0.1) is 0 Å². The average molecular weight is 269 g/mol. The number of rotatable bonds is 1. The zero-order chi connectivity index (χ0) is 13.4. The summed E-state index contributed by atoms with van der Waals surface area (Å²) < 4.78 is 17.4. The predicted octanol–water partition coefficient (Wildman–Crippen LogP) is 3.00. The van der Waals surface area contributed by atoms with Crippen LogP contribution in [0.2, 0.25) is 0 Å². The van der Waals surface area contributed by atoms with Gasteiger partial charge in [-0.25, -0.2) is 0 Å². The molecule has 0 fully saturated rings. The zero-order valence-corrected chi connectivity index (χ0v) is 11.0. The highest BCUT2D eigenvalue weighted by Gasteiger charge is 2.23. The van der Waals surface area contributed by atoms with E-state index in [1.807, 2.05) is 36.4 Å². The Morgan fingerprint density at radius 3 is 2.80 bits per heavy atom. The Kier molecular flexibility index (Phi) is 2.66. The number of benzene rings is 2. The lowest BCUT2D eigenvalue weighted by Crippen LogP contribution is -2.22. The van der Waals surface area contributed by atoms with Gasteiger partial charge in [-0.1, -0.05) is 18.2 Å². The number of ether oxygens (including phenoxy) is 3. The Labute approximate surface area is 117 Å². The molecule has 0 radical (unpaired) electrons. The molecule has 2 heterocycles. The highest BCUT2D eigenvalue weighted by atomic mass is 16.6. The molecular formula is C16H15NO3. The van der Waals surface area contributed by atoms with Crippen molar-refractivity contribution in [2.24, 2.45) is 0 Å². The van der Waals surface area contributed by atoms with Crippen LogP contribution in [0.3, 0.4) is 0 Å². The summed E-state index contributed by atoms with van der Waals surface area (Å²) in [5.74, 6) is 2.51. The molecule has 0 saturated carbocycles. The molecule has 0 aromatic heterocycles. The molecule has 4 nitrogen and oxygen atoms in total. The Morgan fingerprint density at radius 1 is 0.950 bits per heavy atom. The van der Waals surface area contributed by atoms with Crippen molar-refractivity contribution in [1.29, 1.82) is 0 Å². The van der Waals surface area contributed by atoms with Crippen LogP contribution in [-0.4, -0.2) is 19.8 Å². The van der Waals surface area contributed by atoms with E-state index in [0.717, 1.165) is 35.0 Å². The zero-order valence-electron chi connectivity index (χ0n) is 11.0. The molecule has 1 N–H and O–H groups in total. The van der Waals surface area contributed by atoms with Crippen LogP contribution >= 0.6 is 0 Å². The van der Waals surface area contributed by atoms with Crippen molar-refractivity contribution in [3.05, 3.63) is 48.0 Å². The van der Waals surface area contributed by atoms with Crippen molar-refractivity contribution < 1.29 is 14.2 Å². The number of hydrogen-bond donors (Lipinski definition) is 1. The van der Waals surface area contributed by atoms with E-state index >= 15 is 0 Å². The van der Waals surface area contributed by atoms with E-state index in [9.17, 15) is 0 Å². The highest BCUT2D eigenvalue weighted by molar-refractivity contribution is 5.59. The summed E-state index contributed by atoms with van der Waals surface area (Å²) in [7, 11) is 0. The Balaban J connectivity index is 1.63. The van der Waals surface area contributed by atoms with Crippen LogP contribution in [-0.2, 0) is 0 Å². The third kappa shape index (κ3) is 1.93. The van der Waals surface area contributed by atoms with Gasteiger partial charge in [-0.2, -0.15) is 0 Å². The van der Waals surface area contributed by atoms with Gasteiger partial charge in [0.2, 0.25) is 0 Å². The maximum atomic E-state index is 6.02. The number of fused-ring (bicyclic) bond motifs is 2. The molecular weight excluding hydrogens is 254 g/mol. The van der Waals surface area contributed by atoms with Crippen LogP contribution in [0.1, 0.15) is 11.7 Å². The SMILES string of the molecule is c1ccc2c(c1)OCC(c1ccc3c(c1)NCCO3)O2. The van der Waals surface area contributed by atoms with E-state index in [1.165, 1.54) is 0 Å². The van der Waals surface area contributed by atoms with Gasteiger partial charge in [0, 0.05) is 6.54 Å². The molecule has 1 atom stereocenters. The monoisotopic (exact) mass is 269 g/mol. The summed E-state index contributed by atoms with van der Waals surface area (Å²) in [6.07, 6.45) is -0.0843. The molecule has 2 aliphatic heterocycles. The van der Waals surface area contributed by atoms with Gasteiger partial charge in [-0.3, -0.25) is 0 Å². The molecule has 4 rings (SSSR count). The third-order valence-corrected chi connectivity index (χ3v) is 3.56. The summed E-state index contributed by atoms with van der Waals surface area (Å²) in [5.41, 5.74) is 2.12. The molecule has 0 aliphatic carbocycles. The van der Waals surface area contributed by atoms with Gasteiger partial charge < -0.3 is 19.5 Å². The second kappa shape index (κ2) is 4.63. The topological polar surface area (TPSA) is 39.7 Å². The van der Waals surface area contributed by atoms with Crippen LogP contribution in [0.5, 0.6) is 17.2 Å². The maximum absolute atomic E-state index is 6.02. The van der Waals surface area contributed by atoms with Gasteiger partial charge in [-0.05, 0) is 29.8 Å². The molecule has 0 saturated heterocycles. The van der Waals surface area contributed by atoms with E-state index in [4.69, 9.17) is 14.2 Å². The molecule has 2 aliphatic rings. The summed E-state index contributed by atoms with van der Waals surface area (Å²) in [5, 5.41) is 3.34. The van der Waals surface area contributed by atoms with Crippen LogP contribution in [0.25, 0.3) is 0 Å². The van der Waals surface area contributed by atoms with Crippen LogP contribution < -0.4 is 19.5 Å². The van der Waals surface area contributed by atoms with E-state index in [2.05, 4.69) is 11.4 Å². The highest BCUT2D eigenvalue weighted by Crippen LogP contribution is 2.38. The Morgan fingerprint density at radius 2 is 1.85 bits per heavy atom. The third-order valence-electron chi connectivity index (χ3n) is 3.56. The van der Waals surface area contributed by atoms with Gasteiger partial charge in [-0.15, -0.1) is 0 Å². The lowest BCUT2D eigenvalue weighted by atomic mass is 10.1. The minimum atomic E-state index is -0.0843. The normalized spacial score (nSPS) is 19.5. The minimum Gasteiger partial charge on any atom is -0.490 e. The van der Waals surface area contributed by atoms with Gasteiger partial charge in [0.15, 0.2) is 17.6 Å². The van der Waals surface area contributed by atoms with Gasteiger partial charge in [0.1, 0.15) is 19.0 Å². The number of anilines is 1. The van der Waals surface area contributed by atoms with Crippen LogP contribution in [0.15, 0.2) is 42.5 Å². The van der Waals surface area contributed by atoms with Crippen molar-refractivity contribution in [3.8, 4) is 17.2 Å². The van der Waals surface area contributed by atoms with Gasteiger partial charge in [0.25, 0.3) is 0 Å². The summed E-state index contributed by atoms with van der Waals surface area (Å²) >= 11 is 0. The Hall–Kier alpha value is -2.36. The number of hydrogen-bond acceptors (Lipinski definition) is 4. The summed E-state index contributed by atoms with van der Waals surface area (Å²) in [4.78, 5) is 0. The first kappa shape index (κ1) is 11.5. The molecule has 2 aromatic carbocycles. The molecule has 102 valence electrons. The Bertz CT molecular complexity index is 641. The van der Waals surface area contributed by atoms with Gasteiger partial charge >= 0.3 is 0 Å². The first-order valence-corrected chi connectivity index (χ1v) is 6.79. The van der Waals surface area contributed by atoms with E-state index in [1.54, 1.807) is 0 Å². The number of nitrogens with one attached hydrogen (secondary N) is 1. The smallest absolute Gasteiger partial charge is 0.162 e. The van der Waals surface area contributed by atoms with E-state index < -0.39 is 0 Å². The van der Waals surface area contributed by atoms with E-state index in [0.29, 0.717) is 13.2 Å². The fourth-order valence-corrected chi connectivity index (χ4v) is 2.54. The predicted molar refractivity (Wildman–Crippen MR) is 75.7 cm³/mol. The largest absolute Gasteiger partial charge is 0.490 e. The van der Waals surface area contributed by atoms with Crippen molar-refractivity contribution in [1.82, 2.24) is 0 Å². The lowest BCUT2D eigenvalue weighted by molar-refractivity contribution is 0.0913. The quantitative estimate of drug-likeness (QED) is 0.864. The maximum Gasteiger partial charge on any atom is 0.162 e. The summed E-state index contributed by atoms with van der Waals surface area (Å²) in [6, 6.07) is 13.9. The minimum absolute atomic E-state index is 0.0843. The molecule has 2 aromatic rings. The molecule has 1 unspecified atom stereocenters. The number of para-hydroxylation sites is 2. The lowest BCUT2D eigenvalue weighted by Gasteiger charge is -2.28. The second-order valence-electron chi connectivity index (χ2n) is 4.90. The van der Waals surface area contributed by atoms with Crippen LogP contribution in [0.4, 0.5) is 5.69 Å².